The predicted molar refractivity (Wildman–Crippen MR) is 81.8 cm³/mol. The third kappa shape index (κ3) is 3.28. The molecule has 2 atom stereocenters. The number of hydrogen-bond acceptors (Lipinski definition) is 4. The van der Waals surface area contributed by atoms with Gasteiger partial charge in [0.2, 0.25) is 0 Å². The van der Waals surface area contributed by atoms with Gasteiger partial charge in [0.1, 0.15) is 12.4 Å². The van der Waals surface area contributed by atoms with Crippen LogP contribution in [0.5, 0.6) is 0 Å². The lowest BCUT2D eigenvalue weighted by molar-refractivity contribution is 0.0392. The van der Waals surface area contributed by atoms with Crippen LogP contribution in [0.15, 0.2) is 24.5 Å². The quantitative estimate of drug-likeness (QED) is 0.906. The molecule has 0 radical (unpaired) electrons. The summed E-state index contributed by atoms with van der Waals surface area (Å²) >= 11 is 5.94. The average Bonchev–Trinajstić information content (AvgIpc) is 3.17. The molecule has 0 unspecified atom stereocenters. The summed E-state index contributed by atoms with van der Waals surface area (Å²) in [6.45, 7) is 2.35. The third-order valence-corrected chi connectivity index (χ3v) is 4.02. The van der Waals surface area contributed by atoms with Gasteiger partial charge >= 0.3 is 0 Å². The van der Waals surface area contributed by atoms with Gasteiger partial charge in [-0.25, -0.2) is 4.98 Å². The summed E-state index contributed by atoms with van der Waals surface area (Å²) in [5.74, 6) is 0.603. The van der Waals surface area contributed by atoms with Gasteiger partial charge in [0.05, 0.1) is 6.10 Å². The van der Waals surface area contributed by atoms with Gasteiger partial charge in [-0.15, -0.1) is 0 Å². The number of amides is 1. The van der Waals surface area contributed by atoms with E-state index in [-0.39, 0.29) is 18.1 Å². The van der Waals surface area contributed by atoms with E-state index < -0.39 is 0 Å². The summed E-state index contributed by atoms with van der Waals surface area (Å²) in [4.78, 5) is 16.3. The molecule has 0 aliphatic carbocycles. The lowest BCUT2D eigenvalue weighted by Crippen LogP contribution is -2.32. The Labute approximate surface area is 133 Å². The summed E-state index contributed by atoms with van der Waals surface area (Å²) in [5, 5.41) is 10.1. The number of aromatic amines is 1. The zero-order valence-electron chi connectivity index (χ0n) is 12.2. The Hall–Kier alpha value is -1.92. The van der Waals surface area contributed by atoms with E-state index in [2.05, 4.69) is 20.5 Å². The van der Waals surface area contributed by atoms with E-state index in [0.717, 1.165) is 24.2 Å². The summed E-state index contributed by atoms with van der Waals surface area (Å²) in [7, 11) is 0. The number of H-pyrrole nitrogens is 1. The SMILES string of the molecule is Cc1ccc(Cl)cc1C(=O)NC[C@H]1CC[C@@H](c2ncn[nH]2)O1. The molecule has 22 heavy (non-hydrogen) atoms. The molecule has 1 fully saturated rings. The Balaban J connectivity index is 1.55. The summed E-state index contributed by atoms with van der Waals surface area (Å²) in [6, 6.07) is 5.29. The number of hydrogen-bond donors (Lipinski definition) is 2. The number of ether oxygens (including phenoxy) is 1. The second-order valence-corrected chi connectivity index (χ2v) is 5.80. The molecular weight excluding hydrogens is 304 g/mol. The molecule has 1 aliphatic rings. The van der Waals surface area contributed by atoms with Crippen molar-refractivity contribution in [3.63, 3.8) is 0 Å². The smallest absolute Gasteiger partial charge is 0.251 e. The standard InChI is InChI=1S/C15H17ClN4O2/c1-9-2-3-10(16)6-12(9)15(21)17-7-11-4-5-13(22-11)14-18-8-19-20-14/h2-3,6,8,11,13H,4-5,7H2,1H3,(H,17,21)(H,18,19,20)/t11-,13+/m1/s1. The third-order valence-electron chi connectivity index (χ3n) is 3.78. The Kier molecular flexibility index (Phi) is 4.40. The fourth-order valence-corrected chi connectivity index (χ4v) is 2.74. The molecule has 0 spiro atoms. The number of halogens is 1. The molecule has 0 saturated carbocycles. The van der Waals surface area contributed by atoms with Crippen LogP contribution in [0.1, 0.15) is 40.7 Å². The number of nitrogens with one attached hydrogen (secondary N) is 2. The fraction of sp³-hybridized carbons (Fsp3) is 0.400. The minimum absolute atomic E-state index is 0.0152. The van der Waals surface area contributed by atoms with E-state index >= 15 is 0 Å². The highest BCUT2D eigenvalue weighted by atomic mass is 35.5. The van der Waals surface area contributed by atoms with Gasteiger partial charge in [0.25, 0.3) is 5.91 Å². The molecule has 1 saturated heterocycles. The van der Waals surface area contributed by atoms with Gasteiger partial charge in [-0.2, -0.15) is 5.10 Å². The van der Waals surface area contributed by atoms with E-state index in [9.17, 15) is 4.79 Å². The zero-order valence-corrected chi connectivity index (χ0v) is 12.9. The number of rotatable bonds is 4. The molecule has 2 heterocycles. The molecule has 3 rings (SSSR count). The second-order valence-electron chi connectivity index (χ2n) is 5.36. The Morgan fingerprint density at radius 2 is 2.36 bits per heavy atom. The maximum absolute atomic E-state index is 12.2. The first kappa shape index (κ1) is 15.0. The number of aromatic nitrogens is 3. The largest absolute Gasteiger partial charge is 0.365 e. The van der Waals surface area contributed by atoms with Crippen molar-refractivity contribution >= 4 is 17.5 Å². The van der Waals surface area contributed by atoms with Crippen LogP contribution in [-0.2, 0) is 4.74 Å². The van der Waals surface area contributed by atoms with Crippen LogP contribution < -0.4 is 5.32 Å². The minimum atomic E-state index is -0.133. The van der Waals surface area contributed by atoms with Crippen molar-refractivity contribution < 1.29 is 9.53 Å². The van der Waals surface area contributed by atoms with Crippen molar-refractivity contribution in [2.24, 2.45) is 0 Å². The highest BCUT2D eigenvalue weighted by molar-refractivity contribution is 6.31. The summed E-state index contributed by atoms with van der Waals surface area (Å²) in [6.07, 6.45) is 3.12. The van der Waals surface area contributed by atoms with Crippen molar-refractivity contribution in [1.29, 1.82) is 0 Å². The Bertz CT molecular complexity index is 660. The van der Waals surface area contributed by atoms with E-state index in [1.165, 1.54) is 6.33 Å². The lowest BCUT2D eigenvalue weighted by atomic mass is 10.1. The van der Waals surface area contributed by atoms with E-state index in [1.807, 2.05) is 13.0 Å². The molecule has 2 aromatic rings. The van der Waals surface area contributed by atoms with Gasteiger partial charge in [-0.05, 0) is 37.5 Å². The molecular formula is C15H17ClN4O2. The van der Waals surface area contributed by atoms with Crippen molar-refractivity contribution in [3.05, 3.63) is 46.5 Å². The molecule has 116 valence electrons. The number of benzene rings is 1. The topological polar surface area (TPSA) is 79.9 Å². The number of nitrogens with zero attached hydrogens (tertiary/aromatic N) is 2. The van der Waals surface area contributed by atoms with Crippen LogP contribution in [0.25, 0.3) is 0 Å². The molecule has 1 aromatic carbocycles. The van der Waals surface area contributed by atoms with Gasteiger partial charge in [0.15, 0.2) is 5.82 Å². The highest BCUT2D eigenvalue weighted by Crippen LogP contribution is 2.30. The van der Waals surface area contributed by atoms with Crippen molar-refractivity contribution in [3.8, 4) is 0 Å². The van der Waals surface area contributed by atoms with Crippen molar-refractivity contribution in [2.45, 2.75) is 32.0 Å². The van der Waals surface area contributed by atoms with Crippen LogP contribution in [-0.4, -0.2) is 33.7 Å². The molecule has 1 aliphatic heterocycles. The number of carbonyl (C=O) groups is 1. The van der Waals surface area contributed by atoms with Crippen LogP contribution in [0.3, 0.4) is 0 Å². The van der Waals surface area contributed by atoms with Gasteiger partial charge in [-0.1, -0.05) is 17.7 Å². The normalized spacial score (nSPS) is 21.0. The fourth-order valence-electron chi connectivity index (χ4n) is 2.57. The second kappa shape index (κ2) is 6.46. The lowest BCUT2D eigenvalue weighted by Gasteiger charge is -2.14. The van der Waals surface area contributed by atoms with E-state index in [4.69, 9.17) is 16.3 Å². The first-order valence-corrected chi connectivity index (χ1v) is 7.56. The van der Waals surface area contributed by atoms with Crippen LogP contribution in [0.4, 0.5) is 0 Å². The summed E-state index contributed by atoms with van der Waals surface area (Å²) in [5.41, 5.74) is 1.49. The molecule has 6 nitrogen and oxygen atoms in total. The maximum Gasteiger partial charge on any atom is 0.251 e. The molecule has 0 bridgehead atoms. The molecule has 7 heteroatoms. The van der Waals surface area contributed by atoms with Crippen molar-refractivity contribution in [2.75, 3.05) is 6.54 Å². The predicted octanol–water partition coefficient (Wildman–Crippen LogP) is 2.42. The molecule has 1 amide bonds. The van der Waals surface area contributed by atoms with Crippen LogP contribution >= 0.6 is 11.6 Å². The van der Waals surface area contributed by atoms with E-state index in [1.54, 1.807) is 12.1 Å². The monoisotopic (exact) mass is 320 g/mol. The average molecular weight is 321 g/mol. The maximum atomic E-state index is 12.2. The summed E-state index contributed by atoms with van der Waals surface area (Å²) < 4.78 is 5.87. The van der Waals surface area contributed by atoms with Crippen molar-refractivity contribution in [1.82, 2.24) is 20.5 Å². The Morgan fingerprint density at radius 1 is 1.50 bits per heavy atom. The molecule has 2 N–H and O–H groups in total. The van der Waals surface area contributed by atoms with Gasteiger partial charge in [-0.3, -0.25) is 9.89 Å². The minimum Gasteiger partial charge on any atom is -0.365 e. The van der Waals surface area contributed by atoms with Crippen LogP contribution in [0.2, 0.25) is 5.02 Å². The first-order valence-electron chi connectivity index (χ1n) is 7.18. The Morgan fingerprint density at radius 3 is 3.14 bits per heavy atom. The zero-order chi connectivity index (χ0) is 15.5. The number of aryl methyl sites for hydroxylation is 1. The van der Waals surface area contributed by atoms with E-state index in [0.29, 0.717) is 17.1 Å². The van der Waals surface area contributed by atoms with Gasteiger partial charge in [0, 0.05) is 17.1 Å². The molecule has 1 aromatic heterocycles. The highest BCUT2D eigenvalue weighted by Gasteiger charge is 2.28. The number of carbonyl (C=O) groups excluding carboxylic acids is 1. The van der Waals surface area contributed by atoms with Crippen LogP contribution in [0, 0.1) is 6.92 Å². The van der Waals surface area contributed by atoms with Gasteiger partial charge < -0.3 is 10.1 Å². The first-order chi connectivity index (χ1) is 10.6.